The Kier molecular flexibility index (Phi) is 3.97. The van der Waals surface area contributed by atoms with E-state index in [2.05, 4.69) is 5.32 Å². The molecule has 1 aromatic rings. The van der Waals surface area contributed by atoms with Gasteiger partial charge in [-0.25, -0.2) is 4.79 Å². The van der Waals surface area contributed by atoms with Gasteiger partial charge in [-0.15, -0.1) is 0 Å². The lowest BCUT2D eigenvalue weighted by atomic mass is 9.87. The van der Waals surface area contributed by atoms with E-state index >= 15 is 0 Å². The van der Waals surface area contributed by atoms with Crippen LogP contribution in [-0.4, -0.2) is 35.1 Å². The van der Waals surface area contributed by atoms with Crippen molar-refractivity contribution in [1.29, 1.82) is 0 Å². The van der Waals surface area contributed by atoms with E-state index in [1.165, 1.54) is 5.56 Å². The third-order valence-electron chi connectivity index (χ3n) is 4.05. The first-order valence-electron chi connectivity index (χ1n) is 6.74. The van der Waals surface area contributed by atoms with Gasteiger partial charge in [0.25, 0.3) is 0 Å². The molecular weight excluding hydrogens is 256 g/mol. The lowest BCUT2D eigenvalue weighted by molar-refractivity contribution is -0.144. The van der Waals surface area contributed by atoms with Crippen LogP contribution in [0.5, 0.6) is 0 Å². The van der Waals surface area contributed by atoms with Crippen LogP contribution in [0.25, 0.3) is 0 Å². The van der Waals surface area contributed by atoms with Gasteiger partial charge in [0.2, 0.25) is 0 Å². The van der Waals surface area contributed by atoms with E-state index in [0.717, 1.165) is 11.3 Å². The van der Waals surface area contributed by atoms with E-state index in [1.807, 2.05) is 32.0 Å². The predicted octanol–water partition coefficient (Wildman–Crippen LogP) is 2.49. The number of aryl methyl sites for hydroxylation is 2. The molecule has 20 heavy (non-hydrogen) atoms. The quantitative estimate of drug-likeness (QED) is 0.891. The van der Waals surface area contributed by atoms with E-state index < -0.39 is 11.9 Å². The van der Waals surface area contributed by atoms with Gasteiger partial charge in [0, 0.05) is 24.7 Å². The second kappa shape index (κ2) is 5.53. The SMILES string of the molecule is Cc1ccc(NC(=O)N2CC(C(C)C(=O)O)C2)cc1C. The average molecular weight is 276 g/mol. The maximum Gasteiger partial charge on any atom is 0.321 e. The standard InChI is InChI=1S/C15H20N2O3/c1-9-4-5-13(6-10(9)2)16-15(20)17-7-12(8-17)11(3)14(18)19/h4-6,11-12H,7-8H2,1-3H3,(H,16,20)(H,18,19). The molecule has 1 aliphatic rings. The van der Waals surface area contributed by atoms with Crippen molar-refractivity contribution in [2.75, 3.05) is 18.4 Å². The summed E-state index contributed by atoms with van der Waals surface area (Å²) in [5, 5.41) is 11.8. The van der Waals surface area contributed by atoms with Gasteiger partial charge in [0.05, 0.1) is 5.92 Å². The van der Waals surface area contributed by atoms with E-state index in [-0.39, 0.29) is 11.9 Å². The van der Waals surface area contributed by atoms with Crippen LogP contribution in [0.2, 0.25) is 0 Å². The fourth-order valence-corrected chi connectivity index (χ4v) is 2.22. The van der Waals surface area contributed by atoms with E-state index in [0.29, 0.717) is 13.1 Å². The topological polar surface area (TPSA) is 69.6 Å². The number of carboxylic acid groups (broad SMARTS) is 1. The Morgan fingerprint density at radius 3 is 2.50 bits per heavy atom. The molecule has 0 radical (unpaired) electrons. The number of carbonyl (C=O) groups excluding carboxylic acids is 1. The summed E-state index contributed by atoms with van der Waals surface area (Å²) in [6, 6.07) is 5.61. The van der Waals surface area contributed by atoms with Gasteiger partial charge in [-0.1, -0.05) is 13.0 Å². The van der Waals surface area contributed by atoms with Crippen molar-refractivity contribution in [1.82, 2.24) is 4.90 Å². The van der Waals surface area contributed by atoms with E-state index in [1.54, 1.807) is 11.8 Å². The highest BCUT2D eigenvalue weighted by Gasteiger charge is 2.37. The van der Waals surface area contributed by atoms with Crippen LogP contribution in [0.15, 0.2) is 18.2 Å². The number of amides is 2. The Morgan fingerprint density at radius 1 is 1.30 bits per heavy atom. The van der Waals surface area contributed by atoms with Crippen molar-refractivity contribution >= 4 is 17.7 Å². The molecule has 0 bridgehead atoms. The molecule has 1 atom stereocenters. The molecule has 1 heterocycles. The molecule has 0 aliphatic carbocycles. The predicted molar refractivity (Wildman–Crippen MR) is 76.8 cm³/mol. The Bertz CT molecular complexity index is 536. The lowest BCUT2D eigenvalue weighted by Crippen LogP contribution is -2.54. The van der Waals surface area contributed by atoms with Gasteiger partial charge in [0.15, 0.2) is 0 Å². The number of carbonyl (C=O) groups is 2. The maximum absolute atomic E-state index is 12.0. The van der Waals surface area contributed by atoms with Gasteiger partial charge in [-0.3, -0.25) is 4.79 Å². The summed E-state index contributed by atoms with van der Waals surface area (Å²) >= 11 is 0. The molecule has 2 amide bonds. The molecule has 0 spiro atoms. The number of nitrogens with zero attached hydrogens (tertiary/aromatic N) is 1. The van der Waals surface area contributed by atoms with Crippen molar-refractivity contribution in [2.24, 2.45) is 11.8 Å². The molecule has 5 heteroatoms. The lowest BCUT2D eigenvalue weighted by Gasteiger charge is -2.41. The zero-order chi connectivity index (χ0) is 14.9. The largest absolute Gasteiger partial charge is 0.481 e. The Labute approximate surface area is 118 Å². The molecular formula is C15H20N2O3. The highest BCUT2D eigenvalue weighted by molar-refractivity contribution is 5.90. The number of hydrogen-bond acceptors (Lipinski definition) is 2. The van der Waals surface area contributed by atoms with E-state index in [9.17, 15) is 9.59 Å². The van der Waals surface area contributed by atoms with Gasteiger partial charge >= 0.3 is 12.0 Å². The average Bonchev–Trinajstić information content (AvgIpc) is 2.31. The highest BCUT2D eigenvalue weighted by Crippen LogP contribution is 2.25. The van der Waals surface area contributed by atoms with Gasteiger partial charge in [-0.05, 0) is 37.1 Å². The highest BCUT2D eigenvalue weighted by atomic mass is 16.4. The smallest absolute Gasteiger partial charge is 0.321 e. The summed E-state index contributed by atoms with van der Waals surface area (Å²) in [5.74, 6) is -1.15. The van der Waals surface area contributed by atoms with Crippen LogP contribution < -0.4 is 5.32 Å². The molecule has 5 nitrogen and oxygen atoms in total. The summed E-state index contributed by atoms with van der Waals surface area (Å²) in [5.41, 5.74) is 3.08. The van der Waals surface area contributed by atoms with Crippen molar-refractivity contribution in [2.45, 2.75) is 20.8 Å². The Morgan fingerprint density at radius 2 is 1.95 bits per heavy atom. The molecule has 2 N–H and O–H groups in total. The first-order valence-corrected chi connectivity index (χ1v) is 6.74. The molecule has 1 aliphatic heterocycles. The minimum Gasteiger partial charge on any atom is -0.481 e. The maximum atomic E-state index is 12.0. The second-order valence-corrected chi connectivity index (χ2v) is 5.52. The molecule has 2 rings (SSSR count). The van der Waals surface area contributed by atoms with Crippen LogP contribution in [0, 0.1) is 25.7 Å². The summed E-state index contributed by atoms with van der Waals surface area (Å²) in [7, 11) is 0. The molecule has 108 valence electrons. The van der Waals surface area contributed by atoms with Gasteiger partial charge in [0.1, 0.15) is 0 Å². The Balaban J connectivity index is 1.88. The number of nitrogens with one attached hydrogen (secondary N) is 1. The zero-order valence-corrected chi connectivity index (χ0v) is 12.0. The summed E-state index contributed by atoms with van der Waals surface area (Å²) < 4.78 is 0. The van der Waals surface area contributed by atoms with Crippen LogP contribution in [0.3, 0.4) is 0 Å². The van der Waals surface area contributed by atoms with Crippen LogP contribution in [0.1, 0.15) is 18.1 Å². The molecule has 0 aromatic heterocycles. The molecule has 1 aromatic carbocycles. The van der Waals surface area contributed by atoms with Crippen LogP contribution in [0.4, 0.5) is 10.5 Å². The normalized spacial score (nSPS) is 16.4. The molecule has 0 saturated carbocycles. The third kappa shape index (κ3) is 2.92. The fourth-order valence-electron chi connectivity index (χ4n) is 2.22. The molecule has 1 saturated heterocycles. The van der Waals surface area contributed by atoms with Crippen LogP contribution in [-0.2, 0) is 4.79 Å². The number of hydrogen-bond donors (Lipinski definition) is 2. The molecule has 1 unspecified atom stereocenters. The Hall–Kier alpha value is -2.04. The number of anilines is 1. The van der Waals surface area contributed by atoms with E-state index in [4.69, 9.17) is 5.11 Å². The number of rotatable bonds is 3. The number of aliphatic carboxylic acids is 1. The monoisotopic (exact) mass is 276 g/mol. The van der Waals surface area contributed by atoms with Crippen molar-refractivity contribution in [3.05, 3.63) is 29.3 Å². The summed E-state index contributed by atoms with van der Waals surface area (Å²) in [6.07, 6.45) is 0. The first-order chi connectivity index (χ1) is 9.38. The number of likely N-dealkylation sites (tertiary alicyclic amines) is 1. The van der Waals surface area contributed by atoms with Crippen molar-refractivity contribution in [3.8, 4) is 0 Å². The zero-order valence-electron chi connectivity index (χ0n) is 12.0. The van der Waals surface area contributed by atoms with Crippen molar-refractivity contribution < 1.29 is 14.7 Å². The van der Waals surface area contributed by atoms with Crippen molar-refractivity contribution in [3.63, 3.8) is 0 Å². The van der Waals surface area contributed by atoms with Gasteiger partial charge in [-0.2, -0.15) is 0 Å². The minimum absolute atomic E-state index is 0.0537. The summed E-state index contributed by atoms with van der Waals surface area (Å²) in [6.45, 7) is 6.72. The third-order valence-corrected chi connectivity index (χ3v) is 4.05. The van der Waals surface area contributed by atoms with Gasteiger partial charge < -0.3 is 15.3 Å². The minimum atomic E-state index is -0.802. The summed E-state index contributed by atoms with van der Waals surface area (Å²) in [4.78, 5) is 24.5. The molecule has 1 fully saturated rings. The number of benzene rings is 1. The first kappa shape index (κ1) is 14.4. The number of carboxylic acids is 1. The fraction of sp³-hybridized carbons (Fsp3) is 0.467. The van der Waals surface area contributed by atoms with Crippen LogP contribution >= 0.6 is 0 Å². The second-order valence-electron chi connectivity index (χ2n) is 5.52. The number of urea groups is 1.